The first-order valence-electron chi connectivity index (χ1n) is 8.86. The van der Waals surface area contributed by atoms with Crippen molar-refractivity contribution in [3.63, 3.8) is 0 Å². The van der Waals surface area contributed by atoms with E-state index in [4.69, 9.17) is 16.3 Å². The fraction of sp³-hybridized carbons (Fsp3) is 0.0476. The third-order valence-corrected chi connectivity index (χ3v) is 4.79. The summed E-state index contributed by atoms with van der Waals surface area (Å²) in [6.45, 7) is 0.138. The van der Waals surface area contributed by atoms with Gasteiger partial charge in [-0.25, -0.2) is 9.97 Å². The molecule has 0 saturated heterocycles. The number of aromatic amines is 1. The molecule has 0 unspecified atom stereocenters. The minimum Gasteiger partial charge on any atom is -0.456 e. The molecule has 0 aliphatic carbocycles. The molecule has 7 nitrogen and oxygen atoms in total. The average Bonchev–Trinajstić information content (AvgIpc) is 3.32. The molecule has 8 heteroatoms. The molecule has 4 aromatic heterocycles. The molecule has 0 aliphatic heterocycles. The van der Waals surface area contributed by atoms with Gasteiger partial charge >= 0.3 is 0 Å². The lowest BCUT2D eigenvalue weighted by Crippen LogP contribution is -2.09. The van der Waals surface area contributed by atoms with Gasteiger partial charge in [0.1, 0.15) is 11.5 Å². The van der Waals surface area contributed by atoms with Crippen LogP contribution in [0.15, 0.2) is 67.5 Å². The van der Waals surface area contributed by atoms with Gasteiger partial charge in [-0.05, 0) is 30.3 Å². The molecule has 1 aromatic carbocycles. The Morgan fingerprint density at radius 3 is 2.93 bits per heavy atom. The lowest BCUT2D eigenvalue weighted by molar-refractivity contribution is 0.0975. The Morgan fingerprint density at radius 1 is 1.14 bits per heavy atom. The number of Topliss-reactive ketones (excluding diaryl/α,β-unsaturated/α-hetero) is 1. The summed E-state index contributed by atoms with van der Waals surface area (Å²) < 4.78 is 7.55. The number of carbonyl (C=O) groups excluding carboxylic acids is 1. The van der Waals surface area contributed by atoms with Crippen molar-refractivity contribution in [1.29, 1.82) is 0 Å². The van der Waals surface area contributed by atoms with Crippen LogP contribution in [0, 0.1) is 0 Å². The number of H-pyrrole nitrogens is 1. The normalized spacial score (nSPS) is 11.2. The zero-order valence-corrected chi connectivity index (χ0v) is 15.8. The first-order chi connectivity index (χ1) is 14.2. The number of imidazole rings is 1. The van der Waals surface area contributed by atoms with Gasteiger partial charge < -0.3 is 14.3 Å². The third kappa shape index (κ3) is 3.32. The maximum absolute atomic E-state index is 12.9. The highest BCUT2D eigenvalue weighted by Crippen LogP contribution is 2.27. The van der Waals surface area contributed by atoms with Crippen LogP contribution in [0.4, 0.5) is 0 Å². The van der Waals surface area contributed by atoms with Crippen LogP contribution in [0.2, 0.25) is 5.02 Å². The van der Waals surface area contributed by atoms with Crippen molar-refractivity contribution in [2.75, 3.05) is 0 Å². The first kappa shape index (κ1) is 17.4. The topological polar surface area (TPSA) is 85.7 Å². The molecule has 29 heavy (non-hydrogen) atoms. The molecule has 5 rings (SSSR count). The Labute approximate surface area is 170 Å². The van der Waals surface area contributed by atoms with Crippen LogP contribution in [0.1, 0.15) is 10.4 Å². The highest BCUT2D eigenvalue weighted by molar-refractivity contribution is 6.31. The molecule has 0 aliphatic rings. The number of benzene rings is 1. The Kier molecular flexibility index (Phi) is 4.22. The van der Waals surface area contributed by atoms with Crippen LogP contribution in [0.25, 0.3) is 22.1 Å². The van der Waals surface area contributed by atoms with E-state index < -0.39 is 0 Å². The highest BCUT2D eigenvalue weighted by atomic mass is 35.5. The zero-order chi connectivity index (χ0) is 19.8. The Balaban J connectivity index is 1.42. The summed E-state index contributed by atoms with van der Waals surface area (Å²) in [6.07, 6.45) is 8.18. The van der Waals surface area contributed by atoms with E-state index in [-0.39, 0.29) is 12.3 Å². The third-order valence-electron chi connectivity index (χ3n) is 4.58. The smallest absolute Gasteiger partial charge is 0.184 e. The molecule has 0 amide bonds. The highest BCUT2D eigenvalue weighted by Gasteiger charge is 2.15. The van der Waals surface area contributed by atoms with E-state index in [1.807, 2.05) is 30.3 Å². The average molecular weight is 404 g/mol. The number of aromatic nitrogens is 5. The minimum absolute atomic E-state index is 0.0450. The molecule has 0 spiro atoms. The summed E-state index contributed by atoms with van der Waals surface area (Å²) in [7, 11) is 0. The molecule has 0 fully saturated rings. The van der Waals surface area contributed by atoms with Gasteiger partial charge in [0.05, 0.1) is 29.6 Å². The number of carbonyl (C=O) groups is 1. The summed E-state index contributed by atoms with van der Waals surface area (Å²) in [6, 6.07) is 10.9. The van der Waals surface area contributed by atoms with Gasteiger partial charge in [-0.2, -0.15) is 0 Å². The van der Waals surface area contributed by atoms with Crippen molar-refractivity contribution >= 4 is 39.5 Å². The van der Waals surface area contributed by atoms with Crippen LogP contribution in [0.3, 0.4) is 0 Å². The van der Waals surface area contributed by atoms with Crippen LogP contribution < -0.4 is 4.74 Å². The molecule has 1 N–H and O–H groups in total. The number of ether oxygens (including phenoxy) is 1. The fourth-order valence-corrected chi connectivity index (χ4v) is 3.38. The van der Waals surface area contributed by atoms with Gasteiger partial charge in [0.2, 0.25) is 0 Å². The minimum atomic E-state index is -0.0450. The molecular formula is C21H14ClN5O2. The number of nitrogens with zero attached hydrogens (tertiary/aromatic N) is 4. The van der Waals surface area contributed by atoms with Crippen molar-refractivity contribution in [2.24, 2.45) is 0 Å². The molecule has 4 heterocycles. The van der Waals surface area contributed by atoms with Gasteiger partial charge in [0, 0.05) is 41.1 Å². The van der Waals surface area contributed by atoms with Crippen LogP contribution >= 0.6 is 11.6 Å². The van der Waals surface area contributed by atoms with E-state index in [9.17, 15) is 4.79 Å². The molecule has 142 valence electrons. The van der Waals surface area contributed by atoms with Crippen molar-refractivity contribution in [1.82, 2.24) is 24.5 Å². The number of pyridine rings is 2. The van der Waals surface area contributed by atoms with Crippen molar-refractivity contribution < 1.29 is 9.53 Å². The fourth-order valence-electron chi connectivity index (χ4n) is 3.23. The van der Waals surface area contributed by atoms with Gasteiger partial charge in [0.15, 0.2) is 11.4 Å². The molecule has 0 radical (unpaired) electrons. The lowest BCUT2D eigenvalue weighted by atomic mass is 10.1. The zero-order valence-electron chi connectivity index (χ0n) is 15.0. The van der Waals surface area contributed by atoms with E-state index in [1.165, 1.54) is 6.20 Å². The molecule has 5 aromatic rings. The molecule has 0 bridgehead atoms. The number of hydrogen-bond donors (Lipinski definition) is 1. The van der Waals surface area contributed by atoms with E-state index in [0.717, 1.165) is 16.4 Å². The van der Waals surface area contributed by atoms with E-state index in [0.29, 0.717) is 27.7 Å². The van der Waals surface area contributed by atoms with Crippen molar-refractivity contribution in [3.8, 4) is 11.5 Å². The first-order valence-corrected chi connectivity index (χ1v) is 9.24. The number of hydrogen-bond acceptors (Lipinski definition) is 5. The standard InChI is InChI=1S/C21H14ClN5O2/c22-13-6-19-21(25-8-13)26-12-27(19)11-20(28)17-10-24-18-7-14(3-4-16(17)18)29-15-2-1-5-23-9-15/h1-10,12,24H,11H2. The lowest BCUT2D eigenvalue weighted by Gasteiger charge is -2.06. The van der Waals surface area contributed by atoms with Gasteiger partial charge in [-0.1, -0.05) is 11.6 Å². The summed E-state index contributed by atoms with van der Waals surface area (Å²) in [4.78, 5) is 28.5. The molecule has 0 saturated carbocycles. The number of ketones is 1. The van der Waals surface area contributed by atoms with E-state index in [1.54, 1.807) is 35.6 Å². The monoisotopic (exact) mass is 403 g/mol. The quantitative estimate of drug-likeness (QED) is 0.432. The summed E-state index contributed by atoms with van der Waals surface area (Å²) in [5.74, 6) is 1.26. The maximum Gasteiger partial charge on any atom is 0.184 e. The van der Waals surface area contributed by atoms with Gasteiger partial charge in [0.25, 0.3) is 0 Å². The van der Waals surface area contributed by atoms with Crippen molar-refractivity contribution in [3.05, 3.63) is 78.1 Å². The van der Waals surface area contributed by atoms with Gasteiger partial charge in [-0.15, -0.1) is 0 Å². The predicted molar refractivity (Wildman–Crippen MR) is 109 cm³/mol. The summed E-state index contributed by atoms with van der Waals surface area (Å²) in [5, 5.41) is 1.33. The second-order valence-electron chi connectivity index (χ2n) is 6.49. The largest absolute Gasteiger partial charge is 0.456 e. The SMILES string of the molecule is O=C(Cn1cnc2ncc(Cl)cc21)c1c[nH]c2cc(Oc3cccnc3)ccc12. The van der Waals surface area contributed by atoms with Gasteiger partial charge in [-0.3, -0.25) is 9.78 Å². The number of halogens is 1. The summed E-state index contributed by atoms with van der Waals surface area (Å²) in [5.41, 5.74) is 2.69. The second-order valence-corrected chi connectivity index (χ2v) is 6.93. The maximum atomic E-state index is 12.9. The van der Waals surface area contributed by atoms with E-state index >= 15 is 0 Å². The Morgan fingerprint density at radius 2 is 2.07 bits per heavy atom. The van der Waals surface area contributed by atoms with Crippen molar-refractivity contribution in [2.45, 2.75) is 6.54 Å². The number of nitrogens with one attached hydrogen (secondary N) is 1. The molecular weight excluding hydrogens is 390 g/mol. The Hall–Kier alpha value is -3.71. The van der Waals surface area contributed by atoms with Crippen LogP contribution in [-0.2, 0) is 6.54 Å². The Bertz CT molecular complexity index is 1340. The predicted octanol–water partition coefficient (Wildman–Crippen LogP) is 4.64. The second kappa shape index (κ2) is 7.03. The van der Waals surface area contributed by atoms with Crippen LogP contribution in [-0.4, -0.2) is 30.3 Å². The summed E-state index contributed by atoms with van der Waals surface area (Å²) >= 11 is 6.03. The molecule has 0 atom stereocenters. The van der Waals surface area contributed by atoms with Crippen LogP contribution in [0.5, 0.6) is 11.5 Å². The number of fused-ring (bicyclic) bond motifs is 2. The van der Waals surface area contributed by atoms with E-state index in [2.05, 4.69) is 19.9 Å². The number of rotatable bonds is 5.